The maximum absolute atomic E-state index is 12.4. The first kappa shape index (κ1) is 17.8. The Morgan fingerprint density at radius 3 is 2.88 bits per heavy atom. The number of hydrogen-bond acceptors (Lipinski definition) is 5. The number of thiazole rings is 1. The number of aryl methyl sites for hydroxylation is 3. The summed E-state index contributed by atoms with van der Waals surface area (Å²) in [5.74, 6) is 0.540. The van der Waals surface area contributed by atoms with E-state index in [9.17, 15) is 9.59 Å². The van der Waals surface area contributed by atoms with E-state index in [-0.39, 0.29) is 18.1 Å². The Balaban J connectivity index is 1.70. The molecule has 7 nitrogen and oxygen atoms in total. The van der Waals surface area contributed by atoms with Crippen LogP contribution in [0.5, 0.6) is 0 Å². The zero-order valence-electron chi connectivity index (χ0n) is 14.9. The number of rotatable bonds is 6. The first-order valence-corrected chi connectivity index (χ1v) is 9.89. The van der Waals surface area contributed by atoms with E-state index in [1.807, 2.05) is 0 Å². The summed E-state index contributed by atoms with van der Waals surface area (Å²) in [7, 11) is 0. The molecule has 0 spiro atoms. The number of nitrogens with zero attached hydrogens (tertiary/aromatic N) is 4. The summed E-state index contributed by atoms with van der Waals surface area (Å²) in [6.45, 7) is 4.84. The molecule has 0 saturated heterocycles. The van der Waals surface area contributed by atoms with Gasteiger partial charge in [0.05, 0.1) is 5.69 Å². The third-order valence-electron chi connectivity index (χ3n) is 4.41. The van der Waals surface area contributed by atoms with E-state index < -0.39 is 0 Å². The molecular formula is C17H25N5O2S. The molecule has 8 heteroatoms. The molecule has 0 unspecified atom stereocenters. The van der Waals surface area contributed by atoms with Crippen LogP contribution in [0.25, 0.3) is 0 Å². The fourth-order valence-corrected chi connectivity index (χ4v) is 4.13. The Hall–Kier alpha value is -1.96. The standard InChI is InChI=1S/C17H25N5O2S/c1-3-8-12-13(4-2)25-16(18-12)19-15(23)11-22-17(24)21-10-7-5-6-9-14(21)20-22/h3-11H2,1-2H3,(H,18,19,23). The summed E-state index contributed by atoms with van der Waals surface area (Å²) >= 11 is 1.52. The number of carbonyl (C=O) groups is 1. The molecule has 0 radical (unpaired) electrons. The van der Waals surface area contributed by atoms with E-state index in [4.69, 9.17) is 0 Å². The molecule has 25 heavy (non-hydrogen) atoms. The number of hydrogen-bond donors (Lipinski definition) is 1. The maximum Gasteiger partial charge on any atom is 0.346 e. The van der Waals surface area contributed by atoms with Crippen molar-refractivity contribution in [2.75, 3.05) is 5.32 Å². The molecule has 1 N–H and O–H groups in total. The second-order valence-corrected chi connectivity index (χ2v) is 7.44. The average Bonchev–Trinajstić information content (AvgIpc) is 2.99. The van der Waals surface area contributed by atoms with Gasteiger partial charge in [0.25, 0.3) is 0 Å². The van der Waals surface area contributed by atoms with E-state index in [2.05, 4.69) is 29.2 Å². The molecule has 0 fully saturated rings. The van der Waals surface area contributed by atoms with Gasteiger partial charge in [-0.25, -0.2) is 14.5 Å². The van der Waals surface area contributed by atoms with Gasteiger partial charge in [0.15, 0.2) is 5.13 Å². The van der Waals surface area contributed by atoms with Gasteiger partial charge < -0.3 is 5.32 Å². The highest BCUT2D eigenvalue weighted by Gasteiger charge is 2.18. The average molecular weight is 363 g/mol. The fraction of sp³-hybridized carbons (Fsp3) is 0.647. The molecule has 3 rings (SSSR count). The van der Waals surface area contributed by atoms with Gasteiger partial charge in [-0.2, -0.15) is 5.10 Å². The van der Waals surface area contributed by atoms with Crippen LogP contribution in [0.1, 0.15) is 55.9 Å². The van der Waals surface area contributed by atoms with Crippen molar-refractivity contribution < 1.29 is 4.79 Å². The molecule has 0 atom stereocenters. The van der Waals surface area contributed by atoms with Crippen molar-refractivity contribution >= 4 is 22.4 Å². The lowest BCUT2D eigenvalue weighted by atomic mass is 10.2. The van der Waals surface area contributed by atoms with Crippen molar-refractivity contribution in [2.45, 2.75) is 71.9 Å². The van der Waals surface area contributed by atoms with Gasteiger partial charge in [-0.05, 0) is 25.7 Å². The van der Waals surface area contributed by atoms with Crippen molar-refractivity contribution in [1.82, 2.24) is 19.3 Å². The van der Waals surface area contributed by atoms with Gasteiger partial charge in [0, 0.05) is 17.8 Å². The topological polar surface area (TPSA) is 81.8 Å². The van der Waals surface area contributed by atoms with Crippen molar-refractivity contribution in [3.05, 3.63) is 26.9 Å². The quantitative estimate of drug-likeness (QED) is 0.854. The van der Waals surface area contributed by atoms with Gasteiger partial charge in [-0.15, -0.1) is 11.3 Å². The van der Waals surface area contributed by atoms with Crippen LogP contribution in [0, 0.1) is 0 Å². The molecular weight excluding hydrogens is 338 g/mol. The Labute approximate surface area is 151 Å². The lowest BCUT2D eigenvalue weighted by Gasteiger charge is -2.01. The Morgan fingerprint density at radius 1 is 1.28 bits per heavy atom. The predicted octanol–water partition coefficient (Wildman–Crippen LogP) is 2.38. The molecule has 0 aromatic carbocycles. The Morgan fingerprint density at radius 2 is 2.12 bits per heavy atom. The molecule has 1 amide bonds. The van der Waals surface area contributed by atoms with Gasteiger partial charge in [0.2, 0.25) is 5.91 Å². The van der Waals surface area contributed by atoms with Gasteiger partial charge >= 0.3 is 5.69 Å². The molecule has 1 aliphatic heterocycles. The first-order chi connectivity index (χ1) is 12.1. The molecule has 3 heterocycles. The van der Waals surface area contributed by atoms with Crippen LogP contribution in [0.3, 0.4) is 0 Å². The number of carbonyl (C=O) groups excluding carboxylic acids is 1. The van der Waals surface area contributed by atoms with Crippen LogP contribution in [0.4, 0.5) is 5.13 Å². The zero-order valence-corrected chi connectivity index (χ0v) is 15.7. The van der Waals surface area contributed by atoms with Crippen LogP contribution in [0.15, 0.2) is 4.79 Å². The number of amides is 1. The largest absolute Gasteiger partial charge is 0.346 e. The minimum atomic E-state index is -0.255. The van der Waals surface area contributed by atoms with Crippen LogP contribution in [0.2, 0.25) is 0 Å². The van der Waals surface area contributed by atoms with Crippen molar-refractivity contribution in [1.29, 1.82) is 0 Å². The molecule has 0 bridgehead atoms. The zero-order chi connectivity index (χ0) is 17.8. The summed E-state index contributed by atoms with van der Waals surface area (Å²) in [5.41, 5.74) is 0.878. The summed E-state index contributed by atoms with van der Waals surface area (Å²) < 4.78 is 2.98. The minimum Gasteiger partial charge on any atom is -0.300 e. The number of nitrogens with one attached hydrogen (secondary N) is 1. The molecule has 0 saturated carbocycles. The van der Waals surface area contributed by atoms with Crippen molar-refractivity contribution in [3.63, 3.8) is 0 Å². The lowest BCUT2D eigenvalue weighted by Crippen LogP contribution is -2.30. The Bertz CT molecular complexity index is 805. The summed E-state index contributed by atoms with van der Waals surface area (Å²) in [5, 5.41) is 7.78. The molecule has 2 aromatic heterocycles. The molecule has 1 aliphatic rings. The molecule has 136 valence electrons. The first-order valence-electron chi connectivity index (χ1n) is 9.07. The Kier molecular flexibility index (Phi) is 5.67. The van der Waals surface area contributed by atoms with Crippen LogP contribution in [-0.2, 0) is 37.1 Å². The van der Waals surface area contributed by atoms with Gasteiger partial charge in [0.1, 0.15) is 12.4 Å². The van der Waals surface area contributed by atoms with E-state index in [1.165, 1.54) is 20.9 Å². The SMILES string of the molecule is CCCc1nc(NC(=O)Cn2nc3n(c2=O)CCCCC3)sc1CC. The monoisotopic (exact) mass is 363 g/mol. The third kappa shape index (κ3) is 4.00. The van der Waals surface area contributed by atoms with Crippen LogP contribution >= 0.6 is 11.3 Å². The second kappa shape index (κ2) is 7.95. The molecule has 2 aromatic rings. The summed E-state index contributed by atoms with van der Waals surface area (Å²) in [4.78, 5) is 30.5. The van der Waals surface area contributed by atoms with Crippen LogP contribution < -0.4 is 11.0 Å². The fourth-order valence-electron chi connectivity index (χ4n) is 3.17. The van der Waals surface area contributed by atoms with Crippen molar-refractivity contribution in [3.8, 4) is 0 Å². The molecule has 0 aliphatic carbocycles. The second-order valence-electron chi connectivity index (χ2n) is 6.36. The highest BCUT2D eigenvalue weighted by molar-refractivity contribution is 7.15. The van der Waals surface area contributed by atoms with E-state index in [1.54, 1.807) is 4.57 Å². The lowest BCUT2D eigenvalue weighted by molar-refractivity contribution is -0.117. The normalized spacial score (nSPS) is 14.2. The summed E-state index contributed by atoms with van der Waals surface area (Å²) in [6, 6.07) is 0. The third-order valence-corrected chi connectivity index (χ3v) is 5.56. The van der Waals surface area contributed by atoms with Gasteiger partial charge in [-0.3, -0.25) is 9.36 Å². The highest BCUT2D eigenvalue weighted by atomic mass is 32.1. The minimum absolute atomic E-state index is 0.0665. The van der Waals surface area contributed by atoms with E-state index in [0.29, 0.717) is 11.7 Å². The number of aromatic nitrogens is 4. The number of anilines is 1. The van der Waals surface area contributed by atoms with E-state index in [0.717, 1.165) is 56.5 Å². The smallest absolute Gasteiger partial charge is 0.300 e. The number of fused-ring (bicyclic) bond motifs is 1. The predicted molar refractivity (Wildman–Crippen MR) is 98.2 cm³/mol. The summed E-state index contributed by atoms with van der Waals surface area (Å²) in [6.07, 6.45) is 6.81. The van der Waals surface area contributed by atoms with E-state index >= 15 is 0 Å². The maximum atomic E-state index is 12.4. The van der Waals surface area contributed by atoms with Crippen molar-refractivity contribution in [2.24, 2.45) is 0 Å². The van der Waals surface area contributed by atoms with Gasteiger partial charge in [-0.1, -0.05) is 26.7 Å². The highest BCUT2D eigenvalue weighted by Crippen LogP contribution is 2.24. The van der Waals surface area contributed by atoms with Crippen LogP contribution in [-0.4, -0.2) is 25.2 Å².